The van der Waals surface area contributed by atoms with E-state index in [0.717, 1.165) is 40.6 Å². The van der Waals surface area contributed by atoms with Crippen molar-refractivity contribution in [3.63, 3.8) is 0 Å². The van der Waals surface area contributed by atoms with Crippen molar-refractivity contribution in [3.05, 3.63) is 48.7 Å². The van der Waals surface area contributed by atoms with Gasteiger partial charge in [-0.15, -0.1) is 0 Å². The van der Waals surface area contributed by atoms with Crippen LogP contribution in [0, 0.1) is 5.92 Å². The van der Waals surface area contributed by atoms with Crippen LogP contribution < -0.4 is 14.8 Å². The lowest BCUT2D eigenvalue weighted by molar-refractivity contribution is -0.119. The van der Waals surface area contributed by atoms with Gasteiger partial charge in [-0.05, 0) is 62.1 Å². The molecule has 2 aromatic carbocycles. The van der Waals surface area contributed by atoms with E-state index in [-0.39, 0.29) is 11.9 Å². The number of rotatable bonds is 8. The van der Waals surface area contributed by atoms with Gasteiger partial charge in [0.05, 0.1) is 23.9 Å². The van der Waals surface area contributed by atoms with Crippen molar-refractivity contribution < 1.29 is 14.3 Å². The Labute approximate surface area is 164 Å². The Morgan fingerprint density at radius 3 is 2.64 bits per heavy atom. The zero-order chi connectivity index (χ0) is 19.5. The van der Waals surface area contributed by atoms with Crippen LogP contribution in [0.25, 0.3) is 16.6 Å². The maximum atomic E-state index is 11.0. The molecule has 1 heterocycles. The second-order valence-corrected chi connectivity index (χ2v) is 7.46. The molecule has 6 heteroatoms. The van der Waals surface area contributed by atoms with Crippen LogP contribution in [0.2, 0.25) is 0 Å². The molecule has 1 unspecified atom stereocenters. The Morgan fingerprint density at radius 1 is 1.18 bits per heavy atom. The number of nitrogens with zero attached hydrogens (tertiary/aromatic N) is 2. The van der Waals surface area contributed by atoms with Crippen molar-refractivity contribution in [1.82, 2.24) is 15.1 Å². The molecule has 0 saturated heterocycles. The maximum Gasteiger partial charge on any atom is 0.217 e. The summed E-state index contributed by atoms with van der Waals surface area (Å²) in [4.78, 5) is 11.0. The number of fused-ring (bicyclic) bond motifs is 1. The Kier molecular flexibility index (Phi) is 5.19. The minimum atomic E-state index is -0.0571. The normalized spacial score (nSPS) is 14.6. The van der Waals surface area contributed by atoms with Crippen molar-refractivity contribution >= 4 is 16.8 Å². The van der Waals surface area contributed by atoms with Gasteiger partial charge in [0.2, 0.25) is 5.91 Å². The number of nitrogens with one attached hydrogen (secondary N) is 1. The van der Waals surface area contributed by atoms with Crippen LogP contribution in [0.3, 0.4) is 0 Å². The number of carbonyl (C=O) groups excluding carboxylic acids is 1. The number of ether oxygens (including phenoxy) is 2. The summed E-state index contributed by atoms with van der Waals surface area (Å²) in [5, 5.41) is 8.54. The molecule has 1 N–H and O–H groups in total. The molecule has 1 aromatic heterocycles. The van der Waals surface area contributed by atoms with E-state index in [4.69, 9.17) is 9.47 Å². The average molecular weight is 379 g/mol. The van der Waals surface area contributed by atoms with Gasteiger partial charge in [0, 0.05) is 24.6 Å². The van der Waals surface area contributed by atoms with Crippen molar-refractivity contribution in [3.8, 4) is 17.2 Å². The zero-order valence-corrected chi connectivity index (χ0v) is 16.2. The summed E-state index contributed by atoms with van der Waals surface area (Å²) < 4.78 is 13.4. The smallest absolute Gasteiger partial charge is 0.217 e. The van der Waals surface area contributed by atoms with Gasteiger partial charge in [-0.3, -0.25) is 4.79 Å². The first kappa shape index (κ1) is 18.3. The van der Waals surface area contributed by atoms with Crippen molar-refractivity contribution in [2.24, 2.45) is 5.92 Å². The quantitative estimate of drug-likeness (QED) is 0.648. The minimum Gasteiger partial charge on any atom is -0.493 e. The molecule has 1 saturated carbocycles. The molecule has 0 radical (unpaired) electrons. The number of amides is 1. The van der Waals surface area contributed by atoms with Crippen LogP contribution >= 0.6 is 0 Å². The van der Waals surface area contributed by atoms with Crippen LogP contribution in [0.5, 0.6) is 11.5 Å². The molecule has 28 heavy (non-hydrogen) atoms. The Bertz CT molecular complexity index is 961. The molecular formula is C22H25N3O3. The van der Waals surface area contributed by atoms with Crippen LogP contribution in [-0.4, -0.2) is 34.9 Å². The summed E-state index contributed by atoms with van der Waals surface area (Å²) in [5.74, 6) is 2.31. The molecule has 1 amide bonds. The molecule has 1 fully saturated rings. The molecule has 3 aromatic rings. The van der Waals surface area contributed by atoms with Crippen molar-refractivity contribution in [2.75, 3.05) is 13.2 Å². The first-order valence-corrected chi connectivity index (χ1v) is 9.69. The Balaban J connectivity index is 1.41. The van der Waals surface area contributed by atoms with E-state index < -0.39 is 0 Å². The summed E-state index contributed by atoms with van der Waals surface area (Å²) in [6, 6.07) is 13.8. The van der Waals surface area contributed by atoms with Gasteiger partial charge in [-0.1, -0.05) is 0 Å². The Hall–Kier alpha value is -3.02. The number of benzene rings is 2. The summed E-state index contributed by atoms with van der Waals surface area (Å²) in [6.07, 6.45) is 4.57. The highest BCUT2D eigenvalue weighted by Gasteiger charge is 2.21. The van der Waals surface area contributed by atoms with E-state index in [1.54, 1.807) is 0 Å². The third-order valence-electron chi connectivity index (χ3n) is 4.71. The molecule has 1 aliphatic carbocycles. The van der Waals surface area contributed by atoms with Gasteiger partial charge in [0.25, 0.3) is 0 Å². The highest BCUT2D eigenvalue weighted by Crippen LogP contribution is 2.30. The number of hydrogen-bond donors (Lipinski definition) is 1. The topological polar surface area (TPSA) is 65.4 Å². The monoisotopic (exact) mass is 379 g/mol. The number of hydrogen-bond acceptors (Lipinski definition) is 4. The molecule has 1 aliphatic rings. The summed E-state index contributed by atoms with van der Waals surface area (Å²) in [5.41, 5.74) is 1.87. The molecule has 0 spiro atoms. The largest absolute Gasteiger partial charge is 0.493 e. The van der Waals surface area contributed by atoms with Crippen LogP contribution in [-0.2, 0) is 4.79 Å². The summed E-state index contributed by atoms with van der Waals surface area (Å²) in [6.45, 7) is 4.64. The Morgan fingerprint density at radius 2 is 1.93 bits per heavy atom. The molecule has 4 rings (SSSR count). The fourth-order valence-electron chi connectivity index (χ4n) is 3.02. The number of aromatic nitrogens is 2. The SMILES string of the molecule is CC(=O)NC(C)COc1ccc(-n2cc3ccc(OCC4CC4)cc3n2)cc1. The van der Waals surface area contributed by atoms with E-state index >= 15 is 0 Å². The highest BCUT2D eigenvalue weighted by atomic mass is 16.5. The molecule has 6 nitrogen and oxygen atoms in total. The van der Waals surface area contributed by atoms with E-state index in [2.05, 4.69) is 10.4 Å². The molecule has 0 bridgehead atoms. The van der Waals surface area contributed by atoms with Gasteiger partial charge in [-0.2, -0.15) is 5.10 Å². The van der Waals surface area contributed by atoms with E-state index in [9.17, 15) is 4.79 Å². The fourth-order valence-corrected chi connectivity index (χ4v) is 3.02. The first-order valence-electron chi connectivity index (χ1n) is 9.69. The van der Waals surface area contributed by atoms with Gasteiger partial charge in [-0.25, -0.2) is 4.68 Å². The third kappa shape index (κ3) is 4.63. The van der Waals surface area contributed by atoms with Gasteiger partial charge in [0.15, 0.2) is 0 Å². The summed E-state index contributed by atoms with van der Waals surface area (Å²) >= 11 is 0. The lowest BCUT2D eigenvalue weighted by atomic mass is 10.2. The van der Waals surface area contributed by atoms with Gasteiger partial charge >= 0.3 is 0 Å². The highest BCUT2D eigenvalue weighted by molar-refractivity contribution is 5.80. The first-order chi connectivity index (χ1) is 13.6. The van der Waals surface area contributed by atoms with E-state index in [1.807, 2.05) is 60.3 Å². The minimum absolute atomic E-state index is 0.0371. The van der Waals surface area contributed by atoms with Crippen molar-refractivity contribution in [1.29, 1.82) is 0 Å². The lowest BCUT2D eigenvalue weighted by Gasteiger charge is -2.14. The predicted molar refractivity (Wildman–Crippen MR) is 108 cm³/mol. The van der Waals surface area contributed by atoms with Crippen molar-refractivity contribution in [2.45, 2.75) is 32.7 Å². The average Bonchev–Trinajstić information content (AvgIpc) is 3.41. The van der Waals surface area contributed by atoms with Crippen LogP contribution in [0.1, 0.15) is 26.7 Å². The summed E-state index contributed by atoms with van der Waals surface area (Å²) in [7, 11) is 0. The number of carbonyl (C=O) groups is 1. The molecule has 1 atom stereocenters. The zero-order valence-electron chi connectivity index (χ0n) is 16.2. The van der Waals surface area contributed by atoms with E-state index in [0.29, 0.717) is 6.61 Å². The molecular weight excluding hydrogens is 354 g/mol. The second-order valence-electron chi connectivity index (χ2n) is 7.46. The lowest BCUT2D eigenvalue weighted by Crippen LogP contribution is -2.35. The maximum absolute atomic E-state index is 11.0. The third-order valence-corrected chi connectivity index (χ3v) is 4.71. The van der Waals surface area contributed by atoms with Gasteiger partial charge in [0.1, 0.15) is 18.1 Å². The van der Waals surface area contributed by atoms with Crippen LogP contribution in [0.15, 0.2) is 48.7 Å². The van der Waals surface area contributed by atoms with Gasteiger partial charge < -0.3 is 14.8 Å². The molecule has 146 valence electrons. The standard InChI is InChI=1S/C22H25N3O3/c1-15(23-16(2)26)13-27-20-9-6-19(7-10-20)25-12-18-5-8-21(11-22(18)24-25)28-14-17-3-4-17/h5-12,15,17H,3-4,13-14H2,1-2H3,(H,23,26). The second kappa shape index (κ2) is 7.92. The fraction of sp³-hybridized carbons (Fsp3) is 0.364. The van der Waals surface area contributed by atoms with E-state index in [1.165, 1.54) is 19.8 Å². The predicted octanol–water partition coefficient (Wildman–Crippen LogP) is 3.72. The molecule has 0 aliphatic heterocycles. The van der Waals surface area contributed by atoms with Crippen LogP contribution in [0.4, 0.5) is 0 Å².